The molecule has 0 spiro atoms. The predicted molar refractivity (Wildman–Crippen MR) is 93.9 cm³/mol. The third-order valence-corrected chi connectivity index (χ3v) is 3.38. The highest BCUT2D eigenvalue weighted by Gasteiger charge is 2.10. The van der Waals surface area contributed by atoms with Gasteiger partial charge >= 0.3 is 5.97 Å². The maximum atomic E-state index is 12.1. The summed E-state index contributed by atoms with van der Waals surface area (Å²) in [7, 11) is 0. The summed E-state index contributed by atoms with van der Waals surface area (Å²) in [5.41, 5.74) is 1.43. The van der Waals surface area contributed by atoms with Crippen molar-refractivity contribution in [2.45, 2.75) is 6.42 Å². The molecule has 0 aliphatic carbocycles. The summed E-state index contributed by atoms with van der Waals surface area (Å²) in [6.45, 7) is 0.580. The van der Waals surface area contributed by atoms with E-state index in [-0.39, 0.29) is 11.1 Å². The summed E-state index contributed by atoms with van der Waals surface area (Å²) in [5, 5.41) is 23.5. The molecule has 0 heterocycles. The Bertz CT molecular complexity index is 823. The van der Waals surface area contributed by atoms with E-state index in [9.17, 15) is 9.59 Å². The molecular weight excluding hydrogens is 318 g/mol. The molecule has 0 radical (unpaired) electrons. The van der Waals surface area contributed by atoms with Crippen LogP contribution in [-0.2, 0) is 11.2 Å². The Morgan fingerprint density at radius 2 is 1.88 bits per heavy atom. The lowest BCUT2D eigenvalue weighted by Gasteiger charge is -2.06. The molecule has 2 aromatic rings. The average Bonchev–Trinajstić information content (AvgIpc) is 2.62. The van der Waals surface area contributed by atoms with Gasteiger partial charge in [0.25, 0.3) is 5.91 Å². The van der Waals surface area contributed by atoms with Gasteiger partial charge in [0, 0.05) is 18.4 Å². The van der Waals surface area contributed by atoms with Crippen molar-refractivity contribution in [3.63, 3.8) is 0 Å². The van der Waals surface area contributed by atoms with Crippen LogP contribution in [0.5, 0.6) is 0 Å². The van der Waals surface area contributed by atoms with Crippen LogP contribution in [0.2, 0.25) is 0 Å². The van der Waals surface area contributed by atoms with E-state index in [2.05, 4.69) is 10.6 Å². The van der Waals surface area contributed by atoms with E-state index in [4.69, 9.17) is 10.4 Å². The number of hydrogen-bond donors (Lipinski definition) is 3. The number of carboxylic acids is 1. The Morgan fingerprint density at radius 1 is 1.12 bits per heavy atom. The van der Waals surface area contributed by atoms with Crippen molar-refractivity contribution in [1.82, 2.24) is 5.32 Å². The van der Waals surface area contributed by atoms with E-state index >= 15 is 0 Å². The van der Waals surface area contributed by atoms with E-state index in [1.165, 1.54) is 24.4 Å². The van der Waals surface area contributed by atoms with E-state index in [0.29, 0.717) is 12.2 Å². The van der Waals surface area contributed by atoms with Gasteiger partial charge in [-0.3, -0.25) is 4.79 Å². The highest BCUT2D eigenvalue weighted by Crippen LogP contribution is 2.11. The molecule has 25 heavy (non-hydrogen) atoms. The molecule has 0 bridgehead atoms. The molecule has 2 rings (SSSR count). The van der Waals surface area contributed by atoms with Crippen LogP contribution in [0, 0.1) is 11.3 Å². The van der Waals surface area contributed by atoms with Crippen LogP contribution in [0.25, 0.3) is 0 Å². The minimum atomic E-state index is -1.09. The molecule has 2 aromatic carbocycles. The maximum absolute atomic E-state index is 12.1. The van der Waals surface area contributed by atoms with Gasteiger partial charge in [0.2, 0.25) is 0 Å². The largest absolute Gasteiger partial charge is 0.478 e. The van der Waals surface area contributed by atoms with E-state index in [1.54, 1.807) is 6.07 Å². The van der Waals surface area contributed by atoms with Gasteiger partial charge < -0.3 is 15.7 Å². The van der Waals surface area contributed by atoms with E-state index in [1.807, 2.05) is 36.4 Å². The number of nitrogens with zero attached hydrogens (tertiary/aromatic N) is 1. The molecule has 0 aliphatic rings. The first-order chi connectivity index (χ1) is 12.1. The predicted octanol–water partition coefficient (Wildman–Crippen LogP) is 2.56. The summed E-state index contributed by atoms with van der Waals surface area (Å²) < 4.78 is 0. The minimum absolute atomic E-state index is 0.0567. The van der Waals surface area contributed by atoms with Crippen molar-refractivity contribution >= 4 is 17.6 Å². The normalized spacial score (nSPS) is 10.6. The number of carbonyl (C=O) groups is 2. The molecule has 3 N–H and O–H groups in total. The molecule has 6 nitrogen and oxygen atoms in total. The van der Waals surface area contributed by atoms with Gasteiger partial charge in [0.05, 0.1) is 5.56 Å². The first-order valence-electron chi connectivity index (χ1n) is 7.62. The lowest BCUT2D eigenvalue weighted by molar-refractivity contribution is -0.112. The number of amides is 1. The van der Waals surface area contributed by atoms with Crippen molar-refractivity contribution in [2.24, 2.45) is 0 Å². The Morgan fingerprint density at radius 3 is 2.56 bits per heavy atom. The van der Waals surface area contributed by atoms with Crippen LogP contribution < -0.4 is 10.6 Å². The summed E-state index contributed by atoms with van der Waals surface area (Å²) >= 11 is 0. The number of nitrogens with one attached hydrogen (secondary N) is 2. The van der Waals surface area contributed by atoms with Gasteiger partial charge in [0.15, 0.2) is 0 Å². The summed E-state index contributed by atoms with van der Waals surface area (Å²) in [6, 6.07) is 17.5. The molecule has 0 aromatic heterocycles. The molecule has 6 heteroatoms. The molecule has 0 fully saturated rings. The lowest BCUT2D eigenvalue weighted by atomic mass is 10.1. The first kappa shape index (κ1) is 17.8. The molecule has 0 saturated heterocycles. The van der Waals surface area contributed by atoms with E-state index < -0.39 is 11.9 Å². The van der Waals surface area contributed by atoms with Crippen molar-refractivity contribution in [3.8, 4) is 6.07 Å². The second-order valence-corrected chi connectivity index (χ2v) is 5.20. The molecule has 0 atom stereocenters. The number of hydrogen-bond acceptors (Lipinski definition) is 4. The Labute approximate surface area is 145 Å². The first-order valence-corrected chi connectivity index (χ1v) is 7.62. The van der Waals surface area contributed by atoms with Crippen molar-refractivity contribution in [3.05, 3.63) is 77.5 Å². The molecule has 1 amide bonds. The van der Waals surface area contributed by atoms with Crippen LogP contribution in [0.15, 0.2) is 66.4 Å². The second kappa shape index (κ2) is 8.89. The topological polar surface area (TPSA) is 102 Å². The number of aromatic carboxylic acids is 1. The van der Waals surface area contributed by atoms with Gasteiger partial charge in [-0.05, 0) is 30.2 Å². The van der Waals surface area contributed by atoms with Crippen LogP contribution in [0.3, 0.4) is 0 Å². The molecule has 0 unspecified atom stereocenters. The molecule has 126 valence electrons. The SMILES string of the molecule is N#C/C(=C/NCCc1ccccc1)C(=O)Nc1cccc(C(=O)O)c1. The van der Waals surface area contributed by atoms with Crippen molar-refractivity contribution < 1.29 is 14.7 Å². The van der Waals surface area contributed by atoms with Gasteiger partial charge in [0.1, 0.15) is 11.6 Å². The maximum Gasteiger partial charge on any atom is 0.335 e. The molecule has 0 aliphatic heterocycles. The number of rotatable bonds is 7. The van der Waals surface area contributed by atoms with Gasteiger partial charge in [-0.25, -0.2) is 4.79 Å². The quantitative estimate of drug-likeness (QED) is 0.410. The second-order valence-electron chi connectivity index (χ2n) is 5.20. The smallest absolute Gasteiger partial charge is 0.335 e. The van der Waals surface area contributed by atoms with Crippen molar-refractivity contribution in [2.75, 3.05) is 11.9 Å². The van der Waals surface area contributed by atoms with E-state index in [0.717, 1.165) is 12.0 Å². The Hall–Kier alpha value is -3.59. The third kappa shape index (κ3) is 5.52. The summed E-state index contributed by atoms with van der Waals surface area (Å²) in [5.74, 6) is -1.69. The van der Waals surface area contributed by atoms with Gasteiger partial charge in [-0.15, -0.1) is 0 Å². The molecular formula is C19H17N3O3. The van der Waals surface area contributed by atoms with Crippen LogP contribution in [-0.4, -0.2) is 23.5 Å². The monoisotopic (exact) mass is 335 g/mol. The fraction of sp³-hybridized carbons (Fsp3) is 0.105. The fourth-order valence-corrected chi connectivity index (χ4v) is 2.11. The number of nitriles is 1. The van der Waals surface area contributed by atoms with Gasteiger partial charge in [-0.2, -0.15) is 5.26 Å². The highest BCUT2D eigenvalue weighted by molar-refractivity contribution is 6.06. The zero-order valence-electron chi connectivity index (χ0n) is 13.4. The van der Waals surface area contributed by atoms with Crippen LogP contribution in [0.1, 0.15) is 15.9 Å². The molecule has 0 saturated carbocycles. The lowest BCUT2D eigenvalue weighted by Crippen LogP contribution is -2.18. The number of carboxylic acid groups (broad SMARTS) is 1. The zero-order valence-corrected chi connectivity index (χ0v) is 13.4. The summed E-state index contributed by atoms with van der Waals surface area (Å²) in [4.78, 5) is 23.0. The van der Waals surface area contributed by atoms with Crippen LogP contribution in [0.4, 0.5) is 5.69 Å². The fourth-order valence-electron chi connectivity index (χ4n) is 2.11. The summed E-state index contributed by atoms with van der Waals surface area (Å²) in [6.07, 6.45) is 2.12. The highest BCUT2D eigenvalue weighted by atomic mass is 16.4. The van der Waals surface area contributed by atoms with Gasteiger partial charge in [-0.1, -0.05) is 36.4 Å². The minimum Gasteiger partial charge on any atom is -0.478 e. The number of benzene rings is 2. The van der Waals surface area contributed by atoms with Crippen LogP contribution >= 0.6 is 0 Å². The number of anilines is 1. The number of carbonyl (C=O) groups excluding carboxylic acids is 1. The Balaban J connectivity index is 1.93. The zero-order chi connectivity index (χ0) is 18.1. The average molecular weight is 335 g/mol. The third-order valence-electron chi connectivity index (χ3n) is 3.38. The Kier molecular flexibility index (Phi) is 6.32. The van der Waals surface area contributed by atoms with Crippen molar-refractivity contribution in [1.29, 1.82) is 5.26 Å². The standard InChI is InChI=1S/C19H17N3O3/c20-12-16(13-21-10-9-14-5-2-1-3-6-14)18(23)22-17-8-4-7-15(11-17)19(24)25/h1-8,11,13,21H,9-10H2,(H,22,23)(H,24,25)/b16-13-.